The maximum absolute atomic E-state index is 13.7. The molecule has 0 saturated heterocycles. The van der Waals surface area contributed by atoms with Crippen molar-refractivity contribution in [2.45, 2.75) is 44.2 Å². The van der Waals surface area contributed by atoms with Crippen LogP contribution in [0.25, 0.3) is 6.08 Å². The molecule has 4 rings (SSSR count). The number of thiophene rings is 1. The number of amides is 3. The second-order valence-electron chi connectivity index (χ2n) is 9.26. The van der Waals surface area contributed by atoms with Crippen molar-refractivity contribution in [3.8, 4) is 5.75 Å². The molecule has 1 atom stereocenters. The van der Waals surface area contributed by atoms with Crippen LogP contribution < -0.4 is 20.3 Å². The van der Waals surface area contributed by atoms with E-state index in [0.29, 0.717) is 17.1 Å². The van der Waals surface area contributed by atoms with Gasteiger partial charge in [0.25, 0.3) is 5.91 Å². The molecule has 1 heterocycles. The van der Waals surface area contributed by atoms with Crippen LogP contribution in [0.5, 0.6) is 5.75 Å². The molecular weight excluding hydrogens is 510 g/mol. The van der Waals surface area contributed by atoms with Crippen LogP contribution in [0.1, 0.15) is 37.0 Å². The van der Waals surface area contributed by atoms with E-state index in [2.05, 4.69) is 10.6 Å². The third-order valence-electron chi connectivity index (χ3n) is 6.49. The molecule has 1 saturated carbocycles. The number of para-hydroxylation sites is 1. The molecular formula is C31H33N3O4S. The lowest BCUT2D eigenvalue weighted by Gasteiger charge is -2.31. The number of ether oxygens (including phenoxy) is 1. The predicted octanol–water partition coefficient (Wildman–Crippen LogP) is 5.82. The Labute approximate surface area is 233 Å². The summed E-state index contributed by atoms with van der Waals surface area (Å²) in [4.78, 5) is 42.3. The Morgan fingerprint density at radius 2 is 1.69 bits per heavy atom. The van der Waals surface area contributed by atoms with Crippen LogP contribution in [0.2, 0.25) is 0 Å². The number of carbonyl (C=O) groups excluding carboxylic acids is 3. The minimum Gasteiger partial charge on any atom is -0.497 e. The van der Waals surface area contributed by atoms with Crippen molar-refractivity contribution < 1.29 is 19.1 Å². The highest BCUT2D eigenvalue weighted by Gasteiger charge is 2.30. The van der Waals surface area contributed by atoms with E-state index in [1.807, 2.05) is 41.8 Å². The molecule has 39 heavy (non-hydrogen) atoms. The van der Waals surface area contributed by atoms with Gasteiger partial charge >= 0.3 is 0 Å². The fraction of sp³-hybridized carbons (Fsp3) is 0.258. The first-order valence-electron chi connectivity index (χ1n) is 13.1. The van der Waals surface area contributed by atoms with Crippen LogP contribution in [-0.4, -0.2) is 36.9 Å². The van der Waals surface area contributed by atoms with E-state index in [1.165, 1.54) is 23.5 Å². The first-order valence-corrected chi connectivity index (χ1v) is 13.9. The molecule has 0 aliphatic heterocycles. The number of hydrogen-bond acceptors (Lipinski definition) is 5. The van der Waals surface area contributed by atoms with Gasteiger partial charge in [-0.1, -0.05) is 49.6 Å². The van der Waals surface area contributed by atoms with E-state index in [-0.39, 0.29) is 11.9 Å². The van der Waals surface area contributed by atoms with Gasteiger partial charge in [-0.3, -0.25) is 19.3 Å². The summed E-state index contributed by atoms with van der Waals surface area (Å²) in [7, 11) is 1.57. The monoisotopic (exact) mass is 543 g/mol. The van der Waals surface area contributed by atoms with Crippen LogP contribution in [0.15, 0.2) is 90.3 Å². The van der Waals surface area contributed by atoms with Gasteiger partial charge in [0.05, 0.1) is 7.11 Å². The van der Waals surface area contributed by atoms with Crippen molar-refractivity contribution >= 4 is 46.5 Å². The molecule has 1 aliphatic rings. The summed E-state index contributed by atoms with van der Waals surface area (Å²) >= 11 is 1.54. The predicted molar refractivity (Wildman–Crippen MR) is 157 cm³/mol. The molecule has 1 fully saturated rings. The van der Waals surface area contributed by atoms with Gasteiger partial charge in [0.1, 0.15) is 11.8 Å². The van der Waals surface area contributed by atoms with E-state index < -0.39 is 17.9 Å². The Kier molecular flexibility index (Phi) is 10.1. The standard InChI is InChI=1S/C31H33N3O4S/c1-38-26-16-14-25(15-17-26)34(30(36)21-20-29(35)32-23-9-4-2-5-10-23)28(19-18-27-13-8-22-39-27)31(37)33-24-11-6-3-7-12-24/h2,4-5,8-10,13-22,24,28H,3,6-7,11-12H2,1H3,(H,32,35)(H,33,37)/b19-18+,21-20-. The first-order chi connectivity index (χ1) is 19.0. The number of anilines is 2. The lowest BCUT2D eigenvalue weighted by Crippen LogP contribution is -2.51. The van der Waals surface area contributed by atoms with E-state index in [0.717, 1.165) is 30.6 Å². The number of hydrogen-bond donors (Lipinski definition) is 2. The zero-order chi connectivity index (χ0) is 27.5. The zero-order valence-electron chi connectivity index (χ0n) is 21.9. The molecule has 0 bridgehead atoms. The molecule has 1 unspecified atom stereocenters. The highest BCUT2D eigenvalue weighted by atomic mass is 32.1. The maximum atomic E-state index is 13.7. The molecule has 1 aliphatic carbocycles. The number of carbonyl (C=O) groups is 3. The third kappa shape index (κ3) is 8.15. The summed E-state index contributed by atoms with van der Waals surface area (Å²) in [5.41, 5.74) is 1.13. The van der Waals surface area contributed by atoms with E-state index >= 15 is 0 Å². The summed E-state index contributed by atoms with van der Waals surface area (Å²) in [6, 6.07) is 19.0. The molecule has 2 N–H and O–H groups in total. The Morgan fingerprint density at radius 3 is 2.36 bits per heavy atom. The number of benzene rings is 2. The van der Waals surface area contributed by atoms with Gasteiger partial charge in [-0.25, -0.2) is 0 Å². The average molecular weight is 544 g/mol. The fourth-order valence-corrected chi connectivity index (χ4v) is 5.13. The molecule has 2 aromatic carbocycles. The van der Waals surface area contributed by atoms with Crippen molar-refractivity contribution in [2.75, 3.05) is 17.3 Å². The van der Waals surface area contributed by atoms with Gasteiger partial charge in [0.2, 0.25) is 11.8 Å². The quantitative estimate of drug-likeness (QED) is 0.316. The van der Waals surface area contributed by atoms with Crippen LogP contribution in [-0.2, 0) is 14.4 Å². The van der Waals surface area contributed by atoms with Crippen LogP contribution in [0.4, 0.5) is 11.4 Å². The van der Waals surface area contributed by atoms with Crippen molar-refractivity contribution in [1.29, 1.82) is 0 Å². The summed E-state index contributed by atoms with van der Waals surface area (Å²) < 4.78 is 5.29. The van der Waals surface area contributed by atoms with E-state index in [4.69, 9.17) is 4.74 Å². The second-order valence-corrected chi connectivity index (χ2v) is 10.2. The van der Waals surface area contributed by atoms with Crippen LogP contribution in [0.3, 0.4) is 0 Å². The fourth-order valence-electron chi connectivity index (χ4n) is 4.50. The topological polar surface area (TPSA) is 87.7 Å². The van der Waals surface area contributed by atoms with Gasteiger partial charge in [-0.2, -0.15) is 0 Å². The van der Waals surface area contributed by atoms with Crippen molar-refractivity contribution in [2.24, 2.45) is 0 Å². The van der Waals surface area contributed by atoms with Crippen LogP contribution in [0, 0.1) is 0 Å². The second kappa shape index (κ2) is 14.1. The average Bonchev–Trinajstić information content (AvgIpc) is 3.49. The molecule has 3 aromatic rings. The molecule has 3 amide bonds. The highest BCUT2D eigenvalue weighted by molar-refractivity contribution is 7.10. The smallest absolute Gasteiger partial charge is 0.252 e. The zero-order valence-corrected chi connectivity index (χ0v) is 22.7. The van der Waals surface area contributed by atoms with Crippen LogP contribution >= 0.6 is 11.3 Å². The Morgan fingerprint density at radius 1 is 0.949 bits per heavy atom. The Hall–Kier alpha value is -4.17. The molecule has 7 nitrogen and oxygen atoms in total. The third-order valence-corrected chi connectivity index (χ3v) is 7.33. The van der Waals surface area contributed by atoms with Gasteiger partial charge < -0.3 is 15.4 Å². The normalized spacial score (nSPS) is 14.7. The summed E-state index contributed by atoms with van der Waals surface area (Å²) in [6.45, 7) is 0. The Bertz CT molecular complexity index is 1280. The summed E-state index contributed by atoms with van der Waals surface area (Å²) in [5, 5.41) is 7.86. The Balaban J connectivity index is 1.64. The molecule has 8 heteroatoms. The SMILES string of the molecule is COc1ccc(N(C(=O)/C=C\C(=O)Nc2ccccc2)C(/C=C/c2cccs2)C(=O)NC2CCCCC2)cc1. The first kappa shape index (κ1) is 27.9. The maximum Gasteiger partial charge on any atom is 0.252 e. The summed E-state index contributed by atoms with van der Waals surface area (Å²) in [5.74, 6) is -0.577. The molecule has 202 valence electrons. The minimum absolute atomic E-state index is 0.0731. The van der Waals surface area contributed by atoms with Gasteiger partial charge in [-0.15, -0.1) is 11.3 Å². The lowest BCUT2D eigenvalue weighted by molar-refractivity contribution is -0.124. The summed E-state index contributed by atoms with van der Waals surface area (Å²) in [6.07, 6.45) is 11.1. The lowest BCUT2D eigenvalue weighted by atomic mass is 9.95. The van der Waals surface area contributed by atoms with Crippen molar-refractivity contribution in [3.05, 3.63) is 95.2 Å². The molecule has 1 aromatic heterocycles. The highest BCUT2D eigenvalue weighted by Crippen LogP contribution is 2.25. The number of rotatable bonds is 10. The van der Waals surface area contributed by atoms with Crippen molar-refractivity contribution in [1.82, 2.24) is 5.32 Å². The largest absolute Gasteiger partial charge is 0.497 e. The van der Waals surface area contributed by atoms with E-state index in [1.54, 1.807) is 60.9 Å². The number of nitrogens with zero attached hydrogens (tertiary/aromatic N) is 1. The number of methoxy groups -OCH3 is 1. The van der Waals surface area contributed by atoms with Gasteiger partial charge in [0.15, 0.2) is 0 Å². The molecule has 0 radical (unpaired) electrons. The number of nitrogens with one attached hydrogen (secondary N) is 2. The molecule has 0 spiro atoms. The minimum atomic E-state index is -0.934. The van der Waals surface area contributed by atoms with Gasteiger partial charge in [-0.05, 0) is 66.8 Å². The van der Waals surface area contributed by atoms with E-state index in [9.17, 15) is 14.4 Å². The van der Waals surface area contributed by atoms with Crippen molar-refractivity contribution in [3.63, 3.8) is 0 Å². The van der Waals surface area contributed by atoms with Gasteiger partial charge in [0, 0.05) is 34.4 Å².